The number of rotatable bonds is 8. The van der Waals surface area contributed by atoms with E-state index in [0.717, 1.165) is 12.8 Å². The van der Waals surface area contributed by atoms with Gasteiger partial charge in [0.15, 0.2) is 0 Å². The molecule has 1 amide bonds. The van der Waals surface area contributed by atoms with Crippen LogP contribution in [0.3, 0.4) is 0 Å². The number of anilines is 1. The van der Waals surface area contributed by atoms with Gasteiger partial charge in [0.2, 0.25) is 5.91 Å². The molecule has 0 aromatic heterocycles. The van der Waals surface area contributed by atoms with Crippen molar-refractivity contribution in [3.8, 4) is 0 Å². The summed E-state index contributed by atoms with van der Waals surface area (Å²) < 4.78 is 0. The molecule has 0 saturated heterocycles. The summed E-state index contributed by atoms with van der Waals surface area (Å²) in [5, 5.41) is 20.2. The lowest BCUT2D eigenvalue weighted by Crippen LogP contribution is -2.28. The second-order valence-electron chi connectivity index (χ2n) is 4.39. The maximum atomic E-state index is 11.2. The first-order valence-electron chi connectivity index (χ1n) is 6.45. The molecule has 110 valence electrons. The summed E-state index contributed by atoms with van der Waals surface area (Å²) in [5.41, 5.74) is 5.64. The smallest absolute Gasteiger partial charge is 0.292 e. The van der Waals surface area contributed by atoms with Gasteiger partial charge in [0.25, 0.3) is 5.69 Å². The third-order valence-corrected chi connectivity index (χ3v) is 2.95. The van der Waals surface area contributed by atoms with E-state index in [9.17, 15) is 14.9 Å². The quantitative estimate of drug-likeness (QED) is 0.551. The van der Waals surface area contributed by atoms with Crippen molar-refractivity contribution >= 4 is 17.3 Å². The Hall–Kier alpha value is -2.15. The van der Waals surface area contributed by atoms with Gasteiger partial charge in [-0.25, -0.2) is 0 Å². The molecule has 1 aromatic rings. The Morgan fingerprint density at radius 2 is 2.15 bits per heavy atom. The van der Waals surface area contributed by atoms with Crippen molar-refractivity contribution in [3.63, 3.8) is 0 Å². The molecular formula is C13H19N3O4. The molecule has 0 saturated carbocycles. The summed E-state index contributed by atoms with van der Waals surface area (Å²) in [6.07, 6.45) is 1.75. The van der Waals surface area contributed by atoms with Crippen LogP contribution >= 0.6 is 0 Å². The van der Waals surface area contributed by atoms with Crippen LogP contribution in [0.1, 0.15) is 30.1 Å². The van der Waals surface area contributed by atoms with E-state index in [1.807, 2.05) is 6.92 Å². The van der Waals surface area contributed by atoms with Crippen molar-refractivity contribution in [2.45, 2.75) is 19.8 Å². The fraction of sp³-hybridized carbons (Fsp3) is 0.462. The van der Waals surface area contributed by atoms with Crippen molar-refractivity contribution in [3.05, 3.63) is 33.9 Å². The monoisotopic (exact) mass is 281 g/mol. The molecule has 0 spiro atoms. The van der Waals surface area contributed by atoms with Gasteiger partial charge in [0, 0.05) is 24.7 Å². The first kappa shape index (κ1) is 15.9. The fourth-order valence-corrected chi connectivity index (χ4v) is 1.91. The van der Waals surface area contributed by atoms with Crippen LogP contribution < -0.4 is 10.6 Å². The van der Waals surface area contributed by atoms with Crippen LogP contribution in [0.2, 0.25) is 0 Å². The van der Waals surface area contributed by atoms with Crippen LogP contribution in [-0.2, 0) is 0 Å². The van der Waals surface area contributed by atoms with Crippen molar-refractivity contribution in [2.24, 2.45) is 5.73 Å². The van der Waals surface area contributed by atoms with Gasteiger partial charge < -0.3 is 15.7 Å². The molecule has 0 unspecified atom stereocenters. The average molecular weight is 281 g/mol. The highest BCUT2D eigenvalue weighted by Gasteiger charge is 2.20. The lowest BCUT2D eigenvalue weighted by Gasteiger charge is -2.23. The number of nitro groups is 1. The number of benzene rings is 1. The van der Waals surface area contributed by atoms with E-state index in [-0.39, 0.29) is 24.4 Å². The van der Waals surface area contributed by atoms with E-state index in [4.69, 9.17) is 10.8 Å². The van der Waals surface area contributed by atoms with E-state index in [1.165, 1.54) is 18.2 Å². The maximum Gasteiger partial charge on any atom is 0.292 e. The minimum Gasteiger partial charge on any atom is -0.395 e. The minimum atomic E-state index is -0.638. The molecule has 0 aliphatic rings. The minimum absolute atomic E-state index is 0.0976. The highest BCUT2D eigenvalue weighted by atomic mass is 16.6. The molecular weight excluding hydrogens is 262 g/mol. The zero-order chi connectivity index (χ0) is 15.1. The first-order chi connectivity index (χ1) is 9.51. The lowest BCUT2D eigenvalue weighted by molar-refractivity contribution is -0.384. The number of carbonyl (C=O) groups is 1. The number of hydrogen-bond acceptors (Lipinski definition) is 5. The van der Waals surface area contributed by atoms with Gasteiger partial charge in [-0.3, -0.25) is 14.9 Å². The van der Waals surface area contributed by atoms with E-state index < -0.39 is 10.8 Å². The summed E-state index contributed by atoms with van der Waals surface area (Å²) in [6, 6.07) is 4.01. The normalized spacial score (nSPS) is 10.3. The number of nitro benzene ring substituents is 1. The van der Waals surface area contributed by atoms with E-state index in [2.05, 4.69) is 0 Å². The van der Waals surface area contributed by atoms with Gasteiger partial charge in [0.1, 0.15) is 5.69 Å². The Morgan fingerprint density at radius 3 is 2.65 bits per heavy atom. The Kier molecular flexibility index (Phi) is 5.92. The van der Waals surface area contributed by atoms with Gasteiger partial charge in [-0.2, -0.15) is 0 Å². The lowest BCUT2D eigenvalue weighted by atomic mass is 10.1. The summed E-state index contributed by atoms with van der Waals surface area (Å²) in [6.45, 7) is 2.72. The highest BCUT2D eigenvalue weighted by molar-refractivity contribution is 5.94. The van der Waals surface area contributed by atoms with Crippen LogP contribution in [-0.4, -0.2) is 35.6 Å². The number of hydrogen-bond donors (Lipinski definition) is 2. The number of aliphatic hydroxyl groups is 1. The zero-order valence-corrected chi connectivity index (χ0v) is 11.4. The van der Waals surface area contributed by atoms with Crippen LogP contribution in [0.15, 0.2) is 18.2 Å². The SMILES string of the molecule is CCCCN(CCO)c1cc(C(N)=O)ccc1[N+](=O)[O-]. The first-order valence-corrected chi connectivity index (χ1v) is 6.45. The van der Waals surface area contributed by atoms with Gasteiger partial charge in [-0.05, 0) is 18.6 Å². The summed E-state index contributed by atoms with van der Waals surface area (Å²) in [5.74, 6) is -0.638. The molecule has 7 heteroatoms. The number of amides is 1. The standard InChI is InChI=1S/C13H19N3O4/c1-2-3-6-15(7-8-17)12-9-10(13(14)18)4-5-11(12)16(19)20/h4-5,9,17H,2-3,6-8H2,1H3,(H2,14,18). The third kappa shape index (κ3) is 3.92. The van der Waals surface area contributed by atoms with Gasteiger partial charge in [-0.15, -0.1) is 0 Å². The van der Waals surface area contributed by atoms with Crippen LogP contribution in [0.5, 0.6) is 0 Å². The van der Waals surface area contributed by atoms with Crippen molar-refractivity contribution in [2.75, 3.05) is 24.6 Å². The summed E-state index contributed by atoms with van der Waals surface area (Å²) in [7, 11) is 0. The predicted octanol–water partition coefficient (Wildman–Crippen LogP) is 1.29. The van der Waals surface area contributed by atoms with Gasteiger partial charge in [-0.1, -0.05) is 13.3 Å². The molecule has 0 aliphatic heterocycles. The van der Waals surface area contributed by atoms with Crippen molar-refractivity contribution < 1.29 is 14.8 Å². The Labute approximate surface area is 117 Å². The molecule has 0 atom stereocenters. The van der Waals surface area contributed by atoms with Crippen LogP contribution in [0, 0.1) is 10.1 Å². The number of nitrogens with zero attached hydrogens (tertiary/aromatic N) is 2. The van der Waals surface area contributed by atoms with Crippen molar-refractivity contribution in [1.82, 2.24) is 0 Å². The fourth-order valence-electron chi connectivity index (χ4n) is 1.91. The van der Waals surface area contributed by atoms with E-state index in [1.54, 1.807) is 4.90 Å². The Morgan fingerprint density at radius 1 is 1.45 bits per heavy atom. The molecule has 1 aromatic carbocycles. The topological polar surface area (TPSA) is 110 Å². The molecule has 0 radical (unpaired) electrons. The molecule has 0 bridgehead atoms. The zero-order valence-electron chi connectivity index (χ0n) is 11.4. The Bertz CT molecular complexity index is 491. The number of unbranched alkanes of at least 4 members (excludes halogenated alkanes) is 1. The molecule has 1 rings (SSSR count). The molecule has 0 aliphatic carbocycles. The molecule has 0 fully saturated rings. The van der Waals surface area contributed by atoms with Gasteiger partial charge in [0.05, 0.1) is 11.5 Å². The second-order valence-corrected chi connectivity index (χ2v) is 4.39. The van der Waals surface area contributed by atoms with E-state index in [0.29, 0.717) is 12.2 Å². The second kappa shape index (κ2) is 7.44. The van der Waals surface area contributed by atoms with Crippen molar-refractivity contribution in [1.29, 1.82) is 0 Å². The molecule has 7 nitrogen and oxygen atoms in total. The highest BCUT2D eigenvalue weighted by Crippen LogP contribution is 2.29. The van der Waals surface area contributed by atoms with E-state index >= 15 is 0 Å². The largest absolute Gasteiger partial charge is 0.395 e. The summed E-state index contributed by atoms with van der Waals surface area (Å²) >= 11 is 0. The predicted molar refractivity (Wildman–Crippen MR) is 75.8 cm³/mol. The number of aliphatic hydroxyl groups excluding tert-OH is 1. The van der Waals surface area contributed by atoms with Gasteiger partial charge >= 0.3 is 0 Å². The van der Waals surface area contributed by atoms with Crippen LogP contribution in [0.25, 0.3) is 0 Å². The molecule has 0 heterocycles. The average Bonchev–Trinajstić information content (AvgIpc) is 2.42. The number of nitrogens with two attached hydrogens (primary N) is 1. The Balaban J connectivity index is 3.22. The number of primary amides is 1. The number of carbonyl (C=O) groups excluding carboxylic acids is 1. The molecule has 3 N–H and O–H groups in total. The maximum absolute atomic E-state index is 11.2. The van der Waals surface area contributed by atoms with Crippen LogP contribution in [0.4, 0.5) is 11.4 Å². The third-order valence-electron chi connectivity index (χ3n) is 2.95. The molecule has 20 heavy (non-hydrogen) atoms. The summed E-state index contributed by atoms with van der Waals surface area (Å²) in [4.78, 5) is 23.5.